The van der Waals surface area contributed by atoms with E-state index >= 15 is 0 Å². The van der Waals surface area contributed by atoms with Crippen LogP contribution in [0.3, 0.4) is 0 Å². The molecule has 6 nitrogen and oxygen atoms in total. The molecule has 0 amide bonds. The van der Waals surface area contributed by atoms with Crippen molar-refractivity contribution in [3.63, 3.8) is 0 Å². The van der Waals surface area contributed by atoms with Crippen LogP contribution >= 0.6 is 0 Å². The van der Waals surface area contributed by atoms with Crippen molar-refractivity contribution in [1.29, 1.82) is 0 Å². The van der Waals surface area contributed by atoms with Crippen LogP contribution in [0.25, 0.3) is 0 Å². The highest BCUT2D eigenvalue weighted by molar-refractivity contribution is 7.92. The fourth-order valence-corrected chi connectivity index (χ4v) is 3.33. The van der Waals surface area contributed by atoms with E-state index in [2.05, 4.69) is 4.72 Å². The molecule has 2 N–H and O–H groups in total. The third-order valence-corrected chi connectivity index (χ3v) is 5.00. The van der Waals surface area contributed by atoms with Crippen molar-refractivity contribution < 1.29 is 18.3 Å². The molecule has 7 heteroatoms. The molecule has 2 aromatic rings. The minimum absolute atomic E-state index is 0.0292. The summed E-state index contributed by atoms with van der Waals surface area (Å²) in [5.41, 5.74) is 1.77. The number of hydrogen-bond donors (Lipinski definition) is 2. The Bertz CT molecular complexity index is 843. The van der Waals surface area contributed by atoms with E-state index in [9.17, 15) is 18.3 Å². The first-order chi connectivity index (χ1) is 11.2. The van der Waals surface area contributed by atoms with Gasteiger partial charge in [-0.15, -0.1) is 0 Å². The highest BCUT2D eigenvalue weighted by atomic mass is 32.2. The van der Waals surface area contributed by atoms with Gasteiger partial charge in [0.1, 0.15) is 0 Å². The monoisotopic (exact) mass is 348 g/mol. The molecule has 0 unspecified atom stereocenters. The Kier molecular flexibility index (Phi) is 5.14. The Morgan fingerprint density at radius 1 is 1.12 bits per heavy atom. The lowest BCUT2D eigenvalue weighted by Gasteiger charge is -2.17. The lowest BCUT2D eigenvalue weighted by molar-refractivity contribution is 0.0697. The zero-order valence-electron chi connectivity index (χ0n) is 13.8. The summed E-state index contributed by atoms with van der Waals surface area (Å²) in [6, 6.07) is 11.0. The van der Waals surface area contributed by atoms with Crippen molar-refractivity contribution in [2.45, 2.75) is 18.2 Å². The third kappa shape index (κ3) is 3.86. The van der Waals surface area contributed by atoms with Crippen LogP contribution in [-0.2, 0) is 16.4 Å². The number of aryl methyl sites for hydroxylation is 1. The van der Waals surface area contributed by atoms with E-state index in [0.717, 1.165) is 12.0 Å². The van der Waals surface area contributed by atoms with Crippen molar-refractivity contribution in [1.82, 2.24) is 0 Å². The first kappa shape index (κ1) is 17.8. The van der Waals surface area contributed by atoms with Gasteiger partial charge in [0.15, 0.2) is 0 Å². The minimum atomic E-state index is -3.77. The second kappa shape index (κ2) is 6.92. The summed E-state index contributed by atoms with van der Waals surface area (Å²) in [7, 11) is -0.324. The molecule has 0 bridgehead atoms. The molecule has 0 saturated heterocycles. The van der Waals surface area contributed by atoms with E-state index in [1.165, 1.54) is 18.2 Å². The molecule has 0 saturated carbocycles. The van der Waals surface area contributed by atoms with Crippen LogP contribution in [0.15, 0.2) is 47.4 Å². The van der Waals surface area contributed by atoms with Gasteiger partial charge >= 0.3 is 5.97 Å². The summed E-state index contributed by atoms with van der Waals surface area (Å²) in [5, 5.41) is 9.31. The second-order valence-electron chi connectivity index (χ2n) is 5.53. The van der Waals surface area contributed by atoms with Gasteiger partial charge in [-0.2, -0.15) is 0 Å². The fraction of sp³-hybridized carbons (Fsp3) is 0.235. The number of anilines is 2. The number of carboxylic acid groups (broad SMARTS) is 1. The van der Waals surface area contributed by atoms with Crippen molar-refractivity contribution in [2.75, 3.05) is 23.7 Å². The number of hydrogen-bond acceptors (Lipinski definition) is 4. The maximum Gasteiger partial charge on any atom is 0.337 e. The van der Waals surface area contributed by atoms with E-state index in [1.54, 1.807) is 43.3 Å². The SMILES string of the molecule is CCc1ccc(S(=O)(=O)Nc2ccc(N(C)C)c(C(=O)O)c2)cc1. The molecule has 0 radical (unpaired) electrons. The number of benzene rings is 2. The Morgan fingerprint density at radius 2 is 1.75 bits per heavy atom. The lowest BCUT2D eigenvalue weighted by Crippen LogP contribution is -2.16. The largest absolute Gasteiger partial charge is 0.478 e. The van der Waals surface area contributed by atoms with Gasteiger partial charge in [-0.1, -0.05) is 19.1 Å². The van der Waals surface area contributed by atoms with Gasteiger partial charge in [0.25, 0.3) is 10.0 Å². The summed E-state index contributed by atoms with van der Waals surface area (Å²) >= 11 is 0. The number of nitrogens with one attached hydrogen (secondary N) is 1. The predicted octanol–water partition coefficient (Wildman–Crippen LogP) is 2.81. The second-order valence-corrected chi connectivity index (χ2v) is 7.22. The van der Waals surface area contributed by atoms with E-state index in [1.807, 2.05) is 6.92 Å². The molecular weight excluding hydrogens is 328 g/mol. The first-order valence-electron chi connectivity index (χ1n) is 7.41. The summed E-state index contributed by atoms with van der Waals surface area (Å²) in [6.07, 6.45) is 0.821. The van der Waals surface area contributed by atoms with Crippen LogP contribution in [0.2, 0.25) is 0 Å². The zero-order valence-corrected chi connectivity index (χ0v) is 14.6. The molecule has 0 atom stereocenters. The summed E-state index contributed by atoms with van der Waals surface area (Å²) in [6.45, 7) is 1.99. The molecular formula is C17H20N2O4S. The van der Waals surface area contributed by atoms with Gasteiger partial charge in [0.2, 0.25) is 0 Å². The Labute approximate surface area is 141 Å². The summed E-state index contributed by atoms with van der Waals surface area (Å²) in [5.74, 6) is -1.12. The molecule has 0 aliphatic heterocycles. The third-order valence-electron chi connectivity index (χ3n) is 3.60. The molecule has 0 aliphatic carbocycles. The fourth-order valence-electron chi connectivity index (χ4n) is 2.28. The van der Waals surface area contributed by atoms with E-state index < -0.39 is 16.0 Å². The van der Waals surface area contributed by atoms with Crippen LogP contribution in [0.1, 0.15) is 22.8 Å². The van der Waals surface area contributed by atoms with Gasteiger partial charge in [-0.25, -0.2) is 13.2 Å². The molecule has 0 heterocycles. The number of nitrogens with zero attached hydrogens (tertiary/aromatic N) is 1. The van der Waals surface area contributed by atoms with Crippen LogP contribution in [-0.4, -0.2) is 33.6 Å². The van der Waals surface area contributed by atoms with Crippen molar-refractivity contribution in [2.24, 2.45) is 0 Å². The van der Waals surface area contributed by atoms with Crippen LogP contribution in [0, 0.1) is 0 Å². The maximum absolute atomic E-state index is 12.4. The minimum Gasteiger partial charge on any atom is -0.478 e. The summed E-state index contributed by atoms with van der Waals surface area (Å²) < 4.78 is 27.3. The van der Waals surface area contributed by atoms with Gasteiger partial charge in [-0.05, 0) is 42.3 Å². The predicted molar refractivity (Wildman–Crippen MR) is 94.4 cm³/mol. The van der Waals surface area contributed by atoms with Crippen LogP contribution in [0.5, 0.6) is 0 Å². The Balaban J connectivity index is 2.35. The quantitative estimate of drug-likeness (QED) is 0.838. The van der Waals surface area contributed by atoms with Gasteiger partial charge < -0.3 is 10.0 Å². The average Bonchev–Trinajstić information content (AvgIpc) is 2.54. The smallest absolute Gasteiger partial charge is 0.337 e. The number of aromatic carboxylic acids is 1. The molecule has 2 aromatic carbocycles. The number of rotatable bonds is 6. The van der Waals surface area contributed by atoms with E-state index in [4.69, 9.17) is 0 Å². The zero-order chi connectivity index (χ0) is 17.9. The highest BCUT2D eigenvalue weighted by Crippen LogP contribution is 2.25. The standard InChI is InChI=1S/C17H20N2O4S/c1-4-12-5-8-14(9-6-12)24(22,23)18-13-7-10-16(19(2)3)15(11-13)17(20)21/h5-11,18H,4H2,1-3H3,(H,20,21). The van der Waals surface area contributed by atoms with Gasteiger partial charge in [0.05, 0.1) is 16.1 Å². The highest BCUT2D eigenvalue weighted by Gasteiger charge is 2.17. The Hall–Kier alpha value is -2.54. The molecule has 0 spiro atoms. The van der Waals surface area contributed by atoms with Crippen LogP contribution < -0.4 is 9.62 Å². The number of sulfonamides is 1. The first-order valence-corrected chi connectivity index (χ1v) is 8.89. The molecule has 0 aromatic heterocycles. The van der Waals surface area contributed by atoms with Crippen molar-refractivity contribution in [3.8, 4) is 0 Å². The van der Waals surface area contributed by atoms with Crippen LogP contribution in [0.4, 0.5) is 11.4 Å². The normalized spacial score (nSPS) is 11.1. The van der Waals surface area contributed by atoms with Gasteiger partial charge in [0, 0.05) is 19.8 Å². The Morgan fingerprint density at radius 3 is 2.25 bits per heavy atom. The van der Waals surface area contributed by atoms with E-state index in [-0.39, 0.29) is 16.1 Å². The topological polar surface area (TPSA) is 86.7 Å². The molecule has 24 heavy (non-hydrogen) atoms. The molecule has 0 fully saturated rings. The molecule has 128 valence electrons. The van der Waals surface area contributed by atoms with Gasteiger partial charge in [-0.3, -0.25) is 4.72 Å². The van der Waals surface area contributed by atoms with Crippen molar-refractivity contribution >= 4 is 27.4 Å². The average molecular weight is 348 g/mol. The van der Waals surface area contributed by atoms with Crippen molar-refractivity contribution in [3.05, 3.63) is 53.6 Å². The number of carbonyl (C=O) groups is 1. The summed E-state index contributed by atoms with van der Waals surface area (Å²) in [4.78, 5) is 13.2. The van der Waals surface area contributed by atoms with E-state index in [0.29, 0.717) is 5.69 Å². The molecule has 0 aliphatic rings. The number of carboxylic acids is 1. The lowest BCUT2D eigenvalue weighted by atomic mass is 10.1. The molecule has 2 rings (SSSR count). The maximum atomic E-state index is 12.4.